The second-order valence-corrected chi connectivity index (χ2v) is 8.26. The van der Waals surface area contributed by atoms with Crippen LogP contribution in [0.25, 0.3) is 0 Å². The van der Waals surface area contributed by atoms with Crippen molar-refractivity contribution in [3.63, 3.8) is 0 Å². The number of methoxy groups -OCH3 is 1. The van der Waals surface area contributed by atoms with Gasteiger partial charge in [0.05, 0.1) is 17.4 Å². The van der Waals surface area contributed by atoms with E-state index in [-0.39, 0.29) is 36.2 Å². The molecule has 0 aliphatic carbocycles. The highest BCUT2D eigenvalue weighted by Gasteiger charge is 2.42. The number of likely N-dealkylation sites (N-methyl/N-ethyl adjacent to an activating group) is 1. The second kappa shape index (κ2) is 7.75. The Kier molecular flexibility index (Phi) is 5.62. The van der Waals surface area contributed by atoms with Crippen molar-refractivity contribution in [2.45, 2.75) is 25.5 Å². The lowest BCUT2D eigenvalue weighted by atomic mass is 9.94. The van der Waals surface area contributed by atoms with Crippen LogP contribution in [0.3, 0.4) is 0 Å². The minimum atomic E-state index is -0.217. The number of rotatable bonds is 5. The molecule has 1 aromatic rings. The predicted molar refractivity (Wildman–Crippen MR) is 97.9 cm³/mol. The van der Waals surface area contributed by atoms with E-state index in [0.29, 0.717) is 24.6 Å². The topological polar surface area (TPSA) is 70.2 Å². The summed E-state index contributed by atoms with van der Waals surface area (Å²) in [5.74, 6) is -0.349. The zero-order valence-electron chi connectivity index (χ0n) is 15.4. The van der Waals surface area contributed by atoms with E-state index < -0.39 is 0 Å². The number of carbonyl (C=O) groups is 3. The number of carbonyl (C=O) groups excluding carboxylic acids is 3. The zero-order chi connectivity index (χ0) is 18.8. The van der Waals surface area contributed by atoms with Crippen LogP contribution in [0.5, 0.6) is 0 Å². The molecular weight excluding hydrogens is 354 g/mol. The summed E-state index contributed by atoms with van der Waals surface area (Å²) < 4.78 is 5.11. The Bertz CT molecular complexity index is 702. The Hall–Kier alpha value is -1.93. The van der Waals surface area contributed by atoms with E-state index in [9.17, 15) is 14.4 Å². The van der Waals surface area contributed by atoms with Crippen molar-refractivity contribution in [3.05, 3.63) is 21.9 Å². The van der Waals surface area contributed by atoms with Gasteiger partial charge in [-0.15, -0.1) is 11.3 Å². The number of piperidine rings is 1. The smallest absolute Gasteiger partial charge is 0.264 e. The van der Waals surface area contributed by atoms with Crippen molar-refractivity contribution < 1.29 is 19.1 Å². The molecular formula is C18H25N3O4S. The molecule has 2 bridgehead atoms. The van der Waals surface area contributed by atoms with Crippen LogP contribution in [0.4, 0.5) is 0 Å². The normalized spacial score (nSPS) is 22.5. The lowest BCUT2D eigenvalue weighted by molar-refractivity contribution is -0.145. The van der Waals surface area contributed by atoms with E-state index in [0.717, 1.165) is 17.7 Å². The lowest BCUT2D eigenvalue weighted by Gasteiger charge is -2.35. The van der Waals surface area contributed by atoms with Gasteiger partial charge in [-0.05, 0) is 25.0 Å². The van der Waals surface area contributed by atoms with E-state index in [1.54, 1.807) is 31.0 Å². The van der Waals surface area contributed by atoms with Crippen LogP contribution < -0.4 is 0 Å². The van der Waals surface area contributed by atoms with E-state index >= 15 is 0 Å². The Balaban J connectivity index is 1.75. The van der Waals surface area contributed by atoms with Crippen LogP contribution in [0, 0.1) is 5.92 Å². The molecule has 2 atom stereocenters. The summed E-state index contributed by atoms with van der Waals surface area (Å²) in [6.45, 7) is 1.49. The number of nitrogens with zero attached hydrogens (tertiary/aromatic N) is 3. The maximum Gasteiger partial charge on any atom is 0.264 e. The SMILES string of the molecule is COCc1ccc(C(=O)N2C[C@@H]3CC[C@H](C2)N(CC(=O)N(C)C)C3=O)s1. The Morgan fingerprint density at radius 3 is 2.73 bits per heavy atom. The fraction of sp³-hybridized carbons (Fsp3) is 0.611. The summed E-state index contributed by atoms with van der Waals surface area (Å²) in [6.07, 6.45) is 1.61. The molecule has 4 heterocycles. The fourth-order valence-corrected chi connectivity index (χ4v) is 4.52. The second-order valence-electron chi connectivity index (χ2n) is 7.09. The molecule has 0 N–H and O–H groups in total. The maximum absolute atomic E-state index is 12.9. The molecule has 0 radical (unpaired) electrons. The highest BCUT2D eigenvalue weighted by molar-refractivity contribution is 7.14. The number of hydrogen-bond acceptors (Lipinski definition) is 5. The molecule has 3 fully saturated rings. The third-order valence-corrected chi connectivity index (χ3v) is 6.09. The Labute approximate surface area is 157 Å². The number of ether oxygens (including phenoxy) is 1. The van der Waals surface area contributed by atoms with Crippen LogP contribution >= 0.6 is 11.3 Å². The summed E-state index contributed by atoms with van der Waals surface area (Å²) in [7, 11) is 5.00. The predicted octanol–water partition coefficient (Wildman–Crippen LogP) is 1.05. The van der Waals surface area contributed by atoms with E-state index in [1.165, 1.54) is 16.2 Å². The standard InChI is InChI=1S/C18H25N3O4S/c1-19(2)16(22)10-21-13-5-4-12(17(21)23)8-20(9-13)18(24)15-7-6-14(26-15)11-25-3/h6-7,12-13H,4-5,8-11H2,1-3H3/t12-,13+/m0/s1. The van der Waals surface area contributed by atoms with Crippen molar-refractivity contribution in [1.29, 1.82) is 0 Å². The largest absolute Gasteiger partial charge is 0.379 e. The van der Waals surface area contributed by atoms with Crippen LogP contribution in [0.2, 0.25) is 0 Å². The first-order valence-corrected chi connectivity index (χ1v) is 9.60. The van der Waals surface area contributed by atoms with Gasteiger partial charge in [0.1, 0.15) is 6.54 Å². The summed E-state index contributed by atoms with van der Waals surface area (Å²) in [5.41, 5.74) is 0. The van der Waals surface area contributed by atoms with Crippen molar-refractivity contribution in [2.75, 3.05) is 40.8 Å². The quantitative estimate of drug-likeness (QED) is 0.767. The lowest BCUT2D eigenvalue weighted by Crippen LogP contribution is -2.51. The Morgan fingerprint density at radius 2 is 2.04 bits per heavy atom. The van der Waals surface area contributed by atoms with Crippen molar-refractivity contribution >= 4 is 29.1 Å². The monoisotopic (exact) mass is 379 g/mol. The molecule has 7 nitrogen and oxygen atoms in total. The van der Waals surface area contributed by atoms with Gasteiger partial charge in [0.25, 0.3) is 5.91 Å². The molecule has 4 rings (SSSR count). The van der Waals surface area contributed by atoms with Gasteiger partial charge in [-0.3, -0.25) is 14.4 Å². The van der Waals surface area contributed by atoms with Crippen LogP contribution in [-0.4, -0.2) is 79.3 Å². The van der Waals surface area contributed by atoms with Crippen LogP contribution in [0.15, 0.2) is 12.1 Å². The first-order chi connectivity index (χ1) is 12.4. The van der Waals surface area contributed by atoms with Gasteiger partial charge in [0.15, 0.2) is 0 Å². The number of amides is 3. The summed E-state index contributed by atoms with van der Waals surface area (Å²) in [4.78, 5) is 44.4. The minimum Gasteiger partial charge on any atom is -0.379 e. The third kappa shape index (κ3) is 3.76. The first kappa shape index (κ1) is 18.8. The molecule has 3 aliphatic heterocycles. The molecule has 0 saturated carbocycles. The van der Waals surface area contributed by atoms with Gasteiger partial charge in [-0.1, -0.05) is 0 Å². The average molecular weight is 379 g/mol. The summed E-state index contributed by atoms with van der Waals surface area (Å²) >= 11 is 1.43. The van der Waals surface area contributed by atoms with Gasteiger partial charge in [0, 0.05) is 45.2 Å². The molecule has 3 amide bonds. The zero-order valence-corrected chi connectivity index (χ0v) is 16.3. The summed E-state index contributed by atoms with van der Waals surface area (Å²) in [5, 5.41) is 0. The fourth-order valence-electron chi connectivity index (χ4n) is 3.57. The van der Waals surface area contributed by atoms with Gasteiger partial charge < -0.3 is 19.4 Å². The maximum atomic E-state index is 12.9. The van der Waals surface area contributed by atoms with Crippen LogP contribution in [-0.2, 0) is 20.9 Å². The average Bonchev–Trinajstić information content (AvgIpc) is 2.90. The molecule has 0 spiro atoms. The highest BCUT2D eigenvalue weighted by atomic mass is 32.1. The number of fused-ring (bicyclic) bond motifs is 4. The van der Waals surface area contributed by atoms with Crippen molar-refractivity contribution in [3.8, 4) is 0 Å². The highest BCUT2D eigenvalue weighted by Crippen LogP contribution is 2.30. The molecule has 3 saturated heterocycles. The molecule has 26 heavy (non-hydrogen) atoms. The molecule has 1 aromatic heterocycles. The van der Waals surface area contributed by atoms with Crippen molar-refractivity contribution in [1.82, 2.24) is 14.7 Å². The van der Waals surface area contributed by atoms with Gasteiger partial charge in [0.2, 0.25) is 11.8 Å². The van der Waals surface area contributed by atoms with Gasteiger partial charge >= 0.3 is 0 Å². The van der Waals surface area contributed by atoms with Gasteiger partial charge in [-0.2, -0.15) is 0 Å². The molecule has 8 heteroatoms. The Morgan fingerprint density at radius 1 is 1.27 bits per heavy atom. The van der Waals surface area contributed by atoms with E-state index in [1.807, 2.05) is 12.1 Å². The number of thiophene rings is 1. The van der Waals surface area contributed by atoms with Crippen molar-refractivity contribution in [2.24, 2.45) is 5.92 Å². The molecule has 0 aromatic carbocycles. The molecule has 142 valence electrons. The summed E-state index contributed by atoms with van der Waals surface area (Å²) in [6, 6.07) is 3.64. The molecule has 0 unspecified atom stereocenters. The van der Waals surface area contributed by atoms with E-state index in [4.69, 9.17) is 4.74 Å². The van der Waals surface area contributed by atoms with E-state index in [2.05, 4.69) is 0 Å². The minimum absolute atomic E-state index is 0.00185. The van der Waals surface area contributed by atoms with Gasteiger partial charge in [-0.25, -0.2) is 0 Å². The number of hydrogen-bond donors (Lipinski definition) is 0. The molecule has 3 aliphatic rings. The third-order valence-electron chi connectivity index (χ3n) is 5.04. The first-order valence-electron chi connectivity index (χ1n) is 8.78. The van der Waals surface area contributed by atoms with Crippen LogP contribution in [0.1, 0.15) is 27.4 Å².